The molecule has 0 bridgehead atoms. The quantitative estimate of drug-likeness (QED) is 0.662. The van der Waals surface area contributed by atoms with Crippen molar-refractivity contribution in [2.45, 2.75) is 13.3 Å². The molecule has 0 atom stereocenters. The summed E-state index contributed by atoms with van der Waals surface area (Å²) in [4.78, 5) is 25.9. The van der Waals surface area contributed by atoms with Crippen LogP contribution in [-0.2, 0) is 6.42 Å². The Balaban J connectivity index is 2.23. The molecule has 2 rings (SSSR count). The SMILES string of the molecule is CCc1ccc(NC(=O)c2cc([N+](=O)[O-])cnc2N)cc1. The Morgan fingerprint density at radius 3 is 2.62 bits per heavy atom. The molecule has 1 amide bonds. The molecule has 7 heteroatoms. The minimum Gasteiger partial charge on any atom is -0.383 e. The number of nitro groups is 1. The maximum absolute atomic E-state index is 12.1. The Hall–Kier alpha value is -2.96. The summed E-state index contributed by atoms with van der Waals surface area (Å²) in [6.45, 7) is 2.03. The zero-order valence-electron chi connectivity index (χ0n) is 11.4. The minimum atomic E-state index is -0.626. The molecule has 0 saturated carbocycles. The molecule has 1 heterocycles. The van der Waals surface area contributed by atoms with Gasteiger partial charge >= 0.3 is 0 Å². The van der Waals surface area contributed by atoms with Crippen LogP contribution in [0.2, 0.25) is 0 Å². The van der Waals surface area contributed by atoms with Gasteiger partial charge in [-0.3, -0.25) is 14.9 Å². The van der Waals surface area contributed by atoms with Crippen LogP contribution < -0.4 is 11.1 Å². The fraction of sp³-hybridized carbons (Fsp3) is 0.143. The van der Waals surface area contributed by atoms with E-state index in [-0.39, 0.29) is 17.1 Å². The average molecular weight is 286 g/mol. The molecule has 0 aliphatic heterocycles. The van der Waals surface area contributed by atoms with Gasteiger partial charge < -0.3 is 11.1 Å². The summed E-state index contributed by atoms with van der Waals surface area (Å²) in [7, 11) is 0. The molecule has 1 aromatic carbocycles. The Labute approximate surface area is 121 Å². The van der Waals surface area contributed by atoms with Gasteiger partial charge in [-0.1, -0.05) is 19.1 Å². The van der Waals surface area contributed by atoms with E-state index in [0.29, 0.717) is 5.69 Å². The number of carbonyl (C=O) groups is 1. The van der Waals surface area contributed by atoms with E-state index < -0.39 is 10.8 Å². The van der Waals surface area contributed by atoms with E-state index in [9.17, 15) is 14.9 Å². The lowest BCUT2D eigenvalue weighted by Gasteiger charge is -2.07. The van der Waals surface area contributed by atoms with E-state index in [1.54, 1.807) is 12.1 Å². The fourth-order valence-electron chi connectivity index (χ4n) is 1.77. The first-order valence-electron chi connectivity index (χ1n) is 6.31. The van der Waals surface area contributed by atoms with E-state index >= 15 is 0 Å². The van der Waals surface area contributed by atoms with Gasteiger partial charge in [-0.15, -0.1) is 0 Å². The van der Waals surface area contributed by atoms with Crippen molar-refractivity contribution in [1.29, 1.82) is 0 Å². The van der Waals surface area contributed by atoms with Crippen LogP contribution >= 0.6 is 0 Å². The van der Waals surface area contributed by atoms with Crippen molar-refractivity contribution in [2.75, 3.05) is 11.1 Å². The van der Waals surface area contributed by atoms with Gasteiger partial charge in [-0.2, -0.15) is 0 Å². The summed E-state index contributed by atoms with van der Waals surface area (Å²) in [5.41, 5.74) is 7.02. The van der Waals surface area contributed by atoms with Gasteiger partial charge in [0.1, 0.15) is 12.0 Å². The number of hydrogen-bond donors (Lipinski definition) is 2. The third-order valence-corrected chi connectivity index (χ3v) is 2.98. The molecule has 108 valence electrons. The van der Waals surface area contributed by atoms with Crippen LogP contribution in [0.1, 0.15) is 22.8 Å². The highest BCUT2D eigenvalue weighted by molar-refractivity contribution is 6.07. The normalized spacial score (nSPS) is 10.1. The molecule has 0 aliphatic rings. The van der Waals surface area contributed by atoms with Gasteiger partial charge in [-0.25, -0.2) is 4.98 Å². The number of nitrogen functional groups attached to an aromatic ring is 1. The fourth-order valence-corrected chi connectivity index (χ4v) is 1.77. The monoisotopic (exact) mass is 286 g/mol. The molecule has 3 N–H and O–H groups in total. The first kappa shape index (κ1) is 14.4. The van der Waals surface area contributed by atoms with Gasteiger partial charge in [0.25, 0.3) is 11.6 Å². The first-order valence-corrected chi connectivity index (χ1v) is 6.31. The minimum absolute atomic E-state index is 0.0243. The number of nitrogens with zero attached hydrogens (tertiary/aromatic N) is 2. The molecule has 0 fully saturated rings. The Bertz CT molecular complexity index is 683. The van der Waals surface area contributed by atoms with E-state index in [0.717, 1.165) is 24.2 Å². The molecule has 2 aromatic rings. The molecule has 0 spiro atoms. The molecule has 0 saturated heterocycles. The molecular formula is C14H14N4O3. The zero-order chi connectivity index (χ0) is 15.4. The number of carbonyl (C=O) groups excluding carboxylic acids is 1. The van der Waals surface area contributed by atoms with Crippen molar-refractivity contribution < 1.29 is 9.72 Å². The second kappa shape index (κ2) is 6.00. The number of anilines is 2. The predicted molar refractivity (Wildman–Crippen MR) is 79.1 cm³/mol. The number of pyridine rings is 1. The molecule has 0 aliphatic carbocycles. The highest BCUT2D eigenvalue weighted by Gasteiger charge is 2.16. The van der Waals surface area contributed by atoms with Crippen molar-refractivity contribution >= 4 is 23.1 Å². The molecule has 0 unspecified atom stereocenters. The summed E-state index contributed by atoms with van der Waals surface area (Å²) in [5.74, 6) is -0.587. The average Bonchev–Trinajstić information content (AvgIpc) is 2.48. The van der Waals surface area contributed by atoms with Crippen LogP contribution in [0.4, 0.5) is 17.2 Å². The Morgan fingerprint density at radius 1 is 1.38 bits per heavy atom. The van der Waals surface area contributed by atoms with Crippen LogP contribution in [0.15, 0.2) is 36.5 Å². The maximum Gasteiger partial charge on any atom is 0.288 e. The second-order valence-corrected chi connectivity index (χ2v) is 4.39. The van der Waals surface area contributed by atoms with Gasteiger partial charge in [-0.05, 0) is 24.1 Å². The number of aryl methyl sites for hydroxylation is 1. The van der Waals surface area contributed by atoms with Gasteiger partial charge in [0.05, 0.1) is 10.5 Å². The number of hydrogen-bond acceptors (Lipinski definition) is 5. The standard InChI is InChI=1S/C14H14N4O3/c1-2-9-3-5-10(6-4-9)17-14(19)12-7-11(18(20)21)8-16-13(12)15/h3-8H,2H2,1H3,(H2,15,16)(H,17,19). The Morgan fingerprint density at radius 2 is 2.05 bits per heavy atom. The van der Waals surface area contributed by atoms with Crippen molar-refractivity contribution in [3.05, 3.63) is 57.8 Å². The lowest BCUT2D eigenvalue weighted by molar-refractivity contribution is -0.385. The number of amides is 1. The van der Waals surface area contributed by atoms with Gasteiger partial charge in [0.15, 0.2) is 0 Å². The van der Waals surface area contributed by atoms with Crippen molar-refractivity contribution in [3.8, 4) is 0 Å². The van der Waals surface area contributed by atoms with Crippen LogP contribution in [-0.4, -0.2) is 15.8 Å². The van der Waals surface area contributed by atoms with Crippen molar-refractivity contribution in [3.63, 3.8) is 0 Å². The third kappa shape index (κ3) is 3.33. The molecule has 7 nitrogen and oxygen atoms in total. The predicted octanol–water partition coefficient (Wildman–Crippen LogP) is 2.39. The highest BCUT2D eigenvalue weighted by atomic mass is 16.6. The van der Waals surface area contributed by atoms with Crippen LogP contribution in [0.3, 0.4) is 0 Å². The summed E-state index contributed by atoms with van der Waals surface area (Å²) in [6, 6.07) is 8.42. The largest absolute Gasteiger partial charge is 0.383 e. The maximum atomic E-state index is 12.1. The van der Waals surface area contributed by atoms with Crippen molar-refractivity contribution in [2.24, 2.45) is 0 Å². The molecule has 1 aromatic heterocycles. The highest BCUT2D eigenvalue weighted by Crippen LogP contribution is 2.18. The third-order valence-electron chi connectivity index (χ3n) is 2.98. The number of rotatable bonds is 4. The number of nitrogens with two attached hydrogens (primary N) is 1. The number of benzene rings is 1. The lowest BCUT2D eigenvalue weighted by Crippen LogP contribution is -2.15. The summed E-state index contributed by atoms with van der Waals surface area (Å²) < 4.78 is 0. The summed E-state index contributed by atoms with van der Waals surface area (Å²) in [5, 5.41) is 13.3. The van der Waals surface area contributed by atoms with Gasteiger partial charge in [0.2, 0.25) is 0 Å². The summed E-state index contributed by atoms with van der Waals surface area (Å²) >= 11 is 0. The molecule has 0 radical (unpaired) electrons. The van der Waals surface area contributed by atoms with Gasteiger partial charge in [0, 0.05) is 11.8 Å². The molecule has 21 heavy (non-hydrogen) atoms. The smallest absolute Gasteiger partial charge is 0.288 e. The first-order chi connectivity index (χ1) is 10.0. The number of nitrogens with one attached hydrogen (secondary N) is 1. The van der Waals surface area contributed by atoms with Crippen LogP contribution in [0.25, 0.3) is 0 Å². The van der Waals surface area contributed by atoms with E-state index in [4.69, 9.17) is 5.73 Å². The topological polar surface area (TPSA) is 111 Å². The molecular weight excluding hydrogens is 272 g/mol. The van der Waals surface area contributed by atoms with E-state index in [1.807, 2.05) is 19.1 Å². The van der Waals surface area contributed by atoms with Crippen LogP contribution in [0, 0.1) is 10.1 Å². The van der Waals surface area contributed by atoms with E-state index in [1.165, 1.54) is 0 Å². The second-order valence-electron chi connectivity index (χ2n) is 4.39. The summed E-state index contributed by atoms with van der Waals surface area (Å²) in [6.07, 6.45) is 1.91. The number of aromatic nitrogens is 1. The lowest BCUT2D eigenvalue weighted by atomic mass is 10.1. The van der Waals surface area contributed by atoms with Crippen LogP contribution in [0.5, 0.6) is 0 Å². The van der Waals surface area contributed by atoms with E-state index in [2.05, 4.69) is 10.3 Å². The zero-order valence-corrected chi connectivity index (χ0v) is 11.4. The van der Waals surface area contributed by atoms with Crippen molar-refractivity contribution in [1.82, 2.24) is 4.98 Å². The Kier molecular flexibility index (Phi) is 4.13.